The normalized spacial score (nSPS) is 13.8. The van der Waals surface area contributed by atoms with E-state index in [4.69, 9.17) is 9.47 Å². The fourth-order valence-electron chi connectivity index (χ4n) is 2.33. The van der Waals surface area contributed by atoms with E-state index in [9.17, 15) is 4.79 Å². The predicted octanol–water partition coefficient (Wildman–Crippen LogP) is 3.76. The second-order valence-corrected chi connectivity index (χ2v) is 7.54. The molecule has 25 heavy (non-hydrogen) atoms. The van der Waals surface area contributed by atoms with Crippen LogP contribution in [0.5, 0.6) is 11.5 Å². The number of rotatable bonds is 5. The molecule has 1 atom stereocenters. The van der Waals surface area contributed by atoms with E-state index >= 15 is 0 Å². The Bertz CT molecular complexity index is 795. The first-order valence-electron chi connectivity index (χ1n) is 8.15. The molecule has 2 heterocycles. The maximum absolute atomic E-state index is 12.5. The molecule has 1 N–H and O–H groups in total. The molecule has 1 unspecified atom stereocenters. The van der Waals surface area contributed by atoms with Gasteiger partial charge in [0.15, 0.2) is 11.5 Å². The molecule has 1 aliphatic rings. The van der Waals surface area contributed by atoms with Gasteiger partial charge in [-0.15, -0.1) is 0 Å². The van der Waals surface area contributed by atoms with Gasteiger partial charge >= 0.3 is 0 Å². The Hall–Kier alpha value is -2.28. The van der Waals surface area contributed by atoms with Crippen LogP contribution in [0, 0.1) is 6.92 Å². The summed E-state index contributed by atoms with van der Waals surface area (Å²) in [6.07, 6.45) is 0. The van der Waals surface area contributed by atoms with E-state index in [0.29, 0.717) is 17.2 Å². The van der Waals surface area contributed by atoms with Crippen LogP contribution in [0.2, 0.25) is 0 Å². The van der Waals surface area contributed by atoms with E-state index in [2.05, 4.69) is 29.1 Å². The predicted molar refractivity (Wildman–Crippen MR) is 97.4 cm³/mol. The number of aryl methyl sites for hydroxylation is 1. The number of carbonyl (C=O) groups excluding carboxylic acids is 1. The van der Waals surface area contributed by atoms with Crippen LogP contribution in [-0.2, 0) is 4.79 Å². The van der Waals surface area contributed by atoms with Crippen molar-refractivity contribution in [2.45, 2.75) is 43.9 Å². The number of carbonyl (C=O) groups is 1. The molecule has 0 saturated heterocycles. The maximum Gasteiger partial charge on any atom is 0.237 e. The van der Waals surface area contributed by atoms with Crippen molar-refractivity contribution in [2.24, 2.45) is 0 Å². The number of nitrogens with one attached hydrogen (secondary N) is 1. The Morgan fingerprint density at radius 2 is 1.92 bits per heavy atom. The van der Waals surface area contributed by atoms with Crippen LogP contribution in [0.4, 0.5) is 5.69 Å². The van der Waals surface area contributed by atoms with Crippen LogP contribution < -0.4 is 14.8 Å². The molecule has 0 radical (unpaired) electrons. The van der Waals surface area contributed by atoms with E-state index in [1.54, 1.807) is 18.2 Å². The highest BCUT2D eigenvalue weighted by molar-refractivity contribution is 8.00. The summed E-state index contributed by atoms with van der Waals surface area (Å²) in [5, 5.41) is 3.42. The van der Waals surface area contributed by atoms with Gasteiger partial charge in [-0.2, -0.15) is 0 Å². The standard InChI is InChI=1S/C18H21N3O3S/c1-10(2)17-19-11(3)7-16(21-17)25-12(4)18(22)20-13-5-6-14-15(8-13)24-9-23-14/h5-8,10,12H,9H2,1-4H3,(H,20,22). The Balaban J connectivity index is 1.67. The molecule has 7 heteroatoms. The molecular formula is C18H21N3O3S. The first-order valence-corrected chi connectivity index (χ1v) is 9.03. The summed E-state index contributed by atoms with van der Waals surface area (Å²) in [5.41, 5.74) is 1.59. The van der Waals surface area contributed by atoms with Gasteiger partial charge in [0.25, 0.3) is 0 Å². The second kappa shape index (κ2) is 7.31. The Kier molecular flexibility index (Phi) is 5.13. The molecular weight excluding hydrogens is 338 g/mol. The van der Waals surface area contributed by atoms with E-state index in [1.165, 1.54) is 11.8 Å². The molecule has 1 aromatic heterocycles. The molecule has 1 aromatic carbocycles. The Morgan fingerprint density at radius 3 is 2.68 bits per heavy atom. The molecule has 0 saturated carbocycles. The molecule has 6 nitrogen and oxygen atoms in total. The number of benzene rings is 1. The Labute approximate surface area is 151 Å². The number of fused-ring (bicyclic) bond motifs is 1. The van der Waals surface area contributed by atoms with Crippen molar-refractivity contribution in [1.82, 2.24) is 9.97 Å². The number of ether oxygens (including phenoxy) is 2. The lowest BCUT2D eigenvalue weighted by atomic mass is 10.2. The van der Waals surface area contributed by atoms with Gasteiger partial charge in [-0.1, -0.05) is 25.6 Å². The number of thioether (sulfide) groups is 1. The molecule has 0 spiro atoms. The molecule has 1 aliphatic heterocycles. The van der Waals surface area contributed by atoms with E-state index in [1.807, 2.05) is 19.9 Å². The quantitative estimate of drug-likeness (QED) is 0.647. The van der Waals surface area contributed by atoms with Crippen molar-refractivity contribution < 1.29 is 14.3 Å². The largest absolute Gasteiger partial charge is 0.454 e. The number of anilines is 1. The number of amides is 1. The lowest BCUT2D eigenvalue weighted by molar-refractivity contribution is -0.115. The summed E-state index contributed by atoms with van der Waals surface area (Å²) >= 11 is 1.42. The van der Waals surface area contributed by atoms with Gasteiger partial charge in [-0.05, 0) is 32.0 Å². The van der Waals surface area contributed by atoms with Gasteiger partial charge in [0.1, 0.15) is 10.9 Å². The highest BCUT2D eigenvalue weighted by atomic mass is 32.2. The fourth-order valence-corrected chi connectivity index (χ4v) is 3.25. The molecule has 3 rings (SSSR count). The van der Waals surface area contributed by atoms with Crippen molar-refractivity contribution in [3.05, 3.63) is 35.8 Å². The minimum absolute atomic E-state index is 0.0915. The van der Waals surface area contributed by atoms with Crippen molar-refractivity contribution >= 4 is 23.4 Å². The topological polar surface area (TPSA) is 73.3 Å². The zero-order valence-electron chi connectivity index (χ0n) is 14.7. The second-order valence-electron chi connectivity index (χ2n) is 6.18. The van der Waals surface area contributed by atoms with Crippen molar-refractivity contribution in [3.8, 4) is 11.5 Å². The lowest BCUT2D eigenvalue weighted by Gasteiger charge is -2.13. The van der Waals surface area contributed by atoms with Crippen molar-refractivity contribution in [1.29, 1.82) is 0 Å². The number of hydrogen-bond acceptors (Lipinski definition) is 6. The zero-order valence-corrected chi connectivity index (χ0v) is 15.5. The van der Waals surface area contributed by atoms with E-state index < -0.39 is 0 Å². The summed E-state index contributed by atoms with van der Waals surface area (Å²) in [4.78, 5) is 21.5. The highest BCUT2D eigenvalue weighted by Crippen LogP contribution is 2.34. The first-order chi connectivity index (χ1) is 11.9. The van der Waals surface area contributed by atoms with Gasteiger partial charge in [0.2, 0.25) is 12.7 Å². The average molecular weight is 359 g/mol. The molecule has 1 amide bonds. The van der Waals surface area contributed by atoms with E-state index in [0.717, 1.165) is 16.5 Å². The minimum atomic E-state index is -0.292. The summed E-state index contributed by atoms with van der Waals surface area (Å²) in [7, 11) is 0. The van der Waals surface area contributed by atoms with Crippen molar-refractivity contribution in [3.63, 3.8) is 0 Å². The smallest absolute Gasteiger partial charge is 0.237 e. The molecule has 2 aromatic rings. The summed E-state index contributed by atoms with van der Waals surface area (Å²) in [6.45, 7) is 8.12. The molecule has 0 bridgehead atoms. The molecule has 0 fully saturated rings. The number of aromatic nitrogens is 2. The number of hydrogen-bond donors (Lipinski definition) is 1. The van der Waals surface area contributed by atoms with Gasteiger partial charge < -0.3 is 14.8 Å². The zero-order chi connectivity index (χ0) is 18.0. The lowest BCUT2D eigenvalue weighted by Crippen LogP contribution is -2.22. The van der Waals surface area contributed by atoms with Gasteiger partial charge in [0, 0.05) is 23.4 Å². The fraction of sp³-hybridized carbons (Fsp3) is 0.389. The minimum Gasteiger partial charge on any atom is -0.454 e. The molecule has 132 valence electrons. The SMILES string of the molecule is Cc1cc(SC(C)C(=O)Nc2ccc3c(c2)OCO3)nc(C(C)C)n1. The third-order valence-electron chi connectivity index (χ3n) is 3.67. The van der Waals surface area contributed by atoms with E-state index in [-0.39, 0.29) is 23.9 Å². The van der Waals surface area contributed by atoms with Crippen LogP contribution in [0.1, 0.15) is 38.2 Å². The molecule has 0 aliphatic carbocycles. The Morgan fingerprint density at radius 1 is 1.16 bits per heavy atom. The average Bonchev–Trinajstić information content (AvgIpc) is 3.01. The van der Waals surface area contributed by atoms with Crippen LogP contribution in [0.15, 0.2) is 29.3 Å². The van der Waals surface area contributed by atoms with Crippen LogP contribution in [0.3, 0.4) is 0 Å². The third-order valence-corrected chi connectivity index (χ3v) is 4.69. The maximum atomic E-state index is 12.5. The third kappa shape index (κ3) is 4.22. The number of nitrogens with zero attached hydrogens (tertiary/aromatic N) is 2. The summed E-state index contributed by atoms with van der Waals surface area (Å²) in [5.74, 6) is 2.29. The van der Waals surface area contributed by atoms with Crippen LogP contribution >= 0.6 is 11.8 Å². The van der Waals surface area contributed by atoms with Crippen LogP contribution in [0.25, 0.3) is 0 Å². The van der Waals surface area contributed by atoms with Gasteiger partial charge in [0.05, 0.1) is 5.25 Å². The van der Waals surface area contributed by atoms with Crippen LogP contribution in [-0.4, -0.2) is 27.9 Å². The monoisotopic (exact) mass is 359 g/mol. The van der Waals surface area contributed by atoms with Gasteiger partial charge in [-0.25, -0.2) is 9.97 Å². The summed E-state index contributed by atoms with van der Waals surface area (Å²) < 4.78 is 10.6. The van der Waals surface area contributed by atoms with Crippen molar-refractivity contribution in [2.75, 3.05) is 12.1 Å². The highest BCUT2D eigenvalue weighted by Gasteiger charge is 2.19. The summed E-state index contributed by atoms with van der Waals surface area (Å²) in [6, 6.07) is 7.26. The van der Waals surface area contributed by atoms with Gasteiger partial charge in [-0.3, -0.25) is 4.79 Å². The first kappa shape index (κ1) is 17.5.